The maximum atomic E-state index is 12.1. The Morgan fingerprint density at radius 2 is 2.18 bits per heavy atom. The first-order valence-electron chi connectivity index (χ1n) is 7.32. The number of nitrogens with two attached hydrogens (primary N) is 1. The number of aromatic nitrogens is 1. The third kappa shape index (κ3) is 4.07. The van der Waals surface area contributed by atoms with Crippen LogP contribution in [0.4, 0.5) is 0 Å². The summed E-state index contributed by atoms with van der Waals surface area (Å²) >= 11 is 0. The second-order valence-corrected chi connectivity index (χ2v) is 8.55. The van der Waals surface area contributed by atoms with Gasteiger partial charge in [0.25, 0.3) is 0 Å². The van der Waals surface area contributed by atoms with E-state index in [-0.39, 0.29) is 24.3 Å². The van der Waals surface area contributed by atoms with Gasteiger partial charge in [0.05, 0.1) is 11.4 Å². The predicted molar refractivity (Wildman–Crippen MR) is 81.6 cm³/mol. The maximum Gasteiger partial charge on any atom is 0.223 e. The Kier molecular flexibility index (Phi) is 4.62. The maximum absolute atomic E-state index is 12.1. The number of likely N-dealkylation sites (tertiary alicyclic amines) is 1. The summed E-state index contributed by atoms with van der Waals surface area (Å²) in [5.41, 5.74) is -0.118. The van der Waals surface area contributed by atoms with Gasteiger partial charge in [-0.2, -0.15) is 0 Å². The molecule has 0 bridgehead atoms. The minimum atomic E-state index is -3.57. The van der Waals surface area contributed by atoms with Gasteiger partial charge in [-0.3, -0.25) is 4.79 Å². The first-order chi connectivity index (χ1) is 10.1. The lowest BCUT2D eigenvalue weighted by Crippen LogP contribution is -2.34. The fourth-order valence-corrected chi connectivity index (χ4v) is 3.19. The zero-order valence-electron chi connectivity index (χ0n) is 13.2. The van der Waals surface area contributed by atoms with Gasteiger partial charge in [0.15, 0.2) is 5.89 Å². The van der Waals surface area contributed by atoms with E-state index in [0.717, 1.165) is 5.76 Å². The first-order valence-corrected chi connectivity index (χ1v) is 8.93. The summed E-state index contributed by atoms with van der Waals surface area (Å²) in [6.07, 6.45) is 2.75. The van der Waals surface area contributed by atoms with Gasteiger partial charge in [0.1, 0.15) is 5.76 Å². The highest BCUT2D eigenvalue weighted by atomic mass is 32.2. The Labute approximate surface area is 130 Å². The van der Waals surface area contributed by atoms with Crippen LogP contribution >= 0.6 is 0 Å². The number of hydrogen-bond donors (Lipinski definition) is 1. The Bertz CT molecular complexity index is 645. The van der Waals surface area contributed by atoms with E-state index in [9.17, 15) is 13.2 Å². The fraction of sp³-hybridized carbons (Fsp3) is 0.714. The highest BCUT2D eigenvalue weighted by molar-refractivity contribution is 7.89. The molecule has 7 nitrogen and oxygen atoms in total. The molecule has 1 aromatic heterocycles. The molecule has 0 aromatic carbocycles. The number of rotatable bonds is 4. The molecule has 1 aliphatic rings. The van der Waals surface area contributed by atoms with Crippen molar-refractivity contribution in [1.82, 2.24) is 9.88 Å². The van der Waals surface area contributed by atoms with Crippen molar-refractivity contribution >= 4 is 15.9 Å². The quantitative estimate of drug-likeness (QED) is 0.879. The zero-order valence-corrected chi connectivity index (χ0v) is 14.0. The molecular formula is C14H23N3O4S. The first kappa shape index (κ1) is 17.0. The molecule has 0 spiro atoms. The van der Waals surface area contributed by atoms with Gasteiger partial charge in [-0.1, -0.05) is 20.8 Å². The van der Waals surface area contributed by atoms with E-state index in [1.807, 2.05) is 20.8 Å². The van der Waals surface area contributed by atoms with Crippen LogP contribution in [0, 0.1) is 0 Å². The second kappa shape index (κ2) is 6.00. The van der Waals surface area contributed by atoms with E-state index in [2.05, 4.69) is 4.98 Å². The standard InChI is InChI=1S/C14H23N3O4S/c1-14(2,3)11-8-16-12(21-11)4-5-13(18)17-7-6-10(9-17)22(15,19)20/h8,10H,4-7,9H2,1-3H3,(H2,15,19,20). The van der Waals surface area contributed by atoms with Crippen LogP contribution in [-0.4, -0.2) is 42.5 Å². The number of sulfonamides is 1. The smallest absolute Gasteiger partial charge is 0.223 e. The van der Waals surface area contributed by atoms with Crippen molar-refractivity contribution in [3.8, 4) is 0 Å². The average Bonchev–Trinajstić information content (AvgIpc) is 3.03. The Morgan fingerprint density at radius 3 is 2.68 bits per heavy atom. The summed E-state index contributed by atoms with van der Waals surface area (Å²) in [5, 5.41) is 4.47. The van der Waals surface area contributed by atoms with Crippen LogP contribution < -0.4 is 5.14 Å². The van der Waals surface area contributed by atoms with Crippen molar-refractivity contribution in [2.75, 3.05) is 13.1 Å². The minimum absolute atomic E-state index is 0.0957. The molecule has 8 heteroatoms. The van der Waals surface area contributed by atoms with Gasteiger partial charge in [-0.25, -0.2) is 18.5 Å². The molecule has 2 heterocycles. The normalized spacial score (nSPS) is 19.6. The van der Waals surface area contributed by atoms with E-state index >= 15 is 0 Å². The molecule has 0 saturated carbocycles. The molecular weight excluding hydrogens is 306 g/mol. The highest BCUT2D eigenvalue weighted by Gasteiger charge is 2.33. The number of aryl methyl sites for hydroxylation is 1. The second-order valence-electron chi connectivity index (χ2n) is 6.71. The van der Waals surface area contributed by atoms with Crippen molar-refractivity contribution < 1.29 is 17.6 Å². The molecule has 1 aromatic rings. The predicted octanol–water partition coefficient (Wildman–Crippen LogP) is 0.794. The Morgan fingerprint density at radius 1 is 1.50 bits per heavy atom. The summed E-state index contributed by atoms with van der Waals surface area (Å²) in [5.74, 6) is 1.22. The summed E-state index contributed by atoms with van der Waals surface area (Å²) in [6, 6.07) is 0. The van der Waals surface area contributed by atoms with Crippen LogP contribution in [0.1, 0.15) is 45.3 Å². The third-order valence-electron chi connectivity index (χ3n) is 3.81. The van der Waals surface area contributed by atoms with E-state index < -0.39 is 15.3 Å². The van der Waals surface area contributed by atoms with E-state index in [4.69, 9.17) is 9.56 Å². The van der Waals surface area contributed by atoms with Crippen molar-refractivity contribution in [3.05, 3.63) is 17.8 Å². The number of primary sulfonamides is 1. The fourth-order valence-electron chi connectivity index (χ4n) is 2.37. The highest BCUT2D eigenvalue weighted by Crippen LogP contribution is 2.23. The van der Waals surface area contributed by atoms with Crippen molar-refractivity contribution in [2.24, 2.45) is 5.14 Å². The molecule has 2 rings (SSSR count). The van der Waals surface area contributed by atoms with Gasteiger partial charge in [0.2, 0.25) is 15.9 Å². The van der Waals surface area contributed by atoms with Crippen molar-refractivity contribution in [3.63, 3.8) is 0 Å². The van der Waals surface area contributed by atoms with Crippen LogP contribution in [-0.2, 0) is 26.7 Å². The topological polar surface area (TPSA) is 106 Å². The Hall–Kier alpha value is -1.41. The number of carbonyl (C=O) groups excluding carboxylic acids is 1. The summed E-state index contributed by atoms with van der Waals surface area (Å²) in [6.45, 7) is 6.69. The summed E-state index contributed by atoms with van der Waals surface area (Å²) in [4.78, 5) is 17.8. The average molecular weight is 329 g/mol. The molecule has 22 heavy (non-hydrogen) atoms. The summed E-state index contributed by atoms with van der Waals surface area (Å²) in [7, 11) is -3.57. The van der Waals surface area contributed by atoms with Gasteiger partial charge < -0.3 is 9.32 Å². The van der Waals surface area contributed by atoms with Crippen LogP contribution in [0.5, 0.6) is 0 Å². The molecule has 1 saturated heterocycles. The minimum Gasteiger partial charge on any atom is -0.445 e. The monoisotopic (exact) mass is 329 g/mol. The van der Waals surface area contributed by atoms with Gasteiger partial charge in [-0.15, -0.1) is 0 Å². The lowest BCUT2D eigenvalue weighted by molar-refractivity contribution is -0.130. The molecule has 2 N–H and O–H groups in total. The van der Waals surface area contributed by atoms with Gasteiger partial charge in [0, 0.05) is 31.3 Å². The molecule has 124 valence electrons. The third-order valence-corrected chi connectivity index (χ3v) is 5.12. The molecule has 1 atom stereocenters. The van der Waals surface area contributed by atoms with Crippen LogP contribution in [0.15, 0.2) is 10.6 Å². The SMILES string of the molecule is CC(C)(C)c1cnc(CCC(=O)N2CCC(S(N)(=O)=O)C2)o1. The number of amides is 1. The van der Waals surface area contributed by atoms with Gasteiger partial charge in [-0.05, 0) is 6.42 Å². The lowest BCUT2D eigenvalue weighted by Gasteiger charge is -2.15. The van der Waals surface area contributed by atoms with E-state index in [1.165, 1.54) is 0 Å². The van der Waals surface area contributed by atoms with Crippen LogP contribution in [0.3, 0.4) is 0 Å². The van der Waals surface area contributed by atoms with Gasteiger partial charge >= 0.3 is 0 Å². The number of nitrogens with zero attached hydrogens (tertiary/aromatic N) is 2. The molecule has 1 aliphatic heterocycles. The lowest BCUT2D eigenvalue weighted by atomic mass is 9.94. The number of carbonyl (C=O) groups is 1. The number of oxazole rings is 1. The molecule has 1 fully saturated rings. The molecule has 1 unspecified atom stereocenters. The number of hydrogen-bond acceptors (Lipinski definition) is 5. The molecule has 0 aliphatic carbocycles. The zero-order chi connectivity index (χ0) is 16.5. The van der Waals surface area contributed by atoms with Crippen molar-refractivity contribution in [1.29, 1.82) is 0 Å². The largest absolute Gasteiger partial charge is 0.445 e. The van der Waals surface area contributed by atoms with Crippen LogP contribution in [0.2, 0.25) is 0 Å². The molecule has 1 amide bonds. The van der Waals surface area contributed by atoms with E-state index in [1.54, 1.807) is 11.1 Å². The van der Waals surface area contributed by atoms with Crippen molar-refractivity contribution in [2.45, 2.75) is 50.7 Å². The Balaban J connectivity index is 1.87. The van der Waals surface area contributed by atoms with E-state index in [0.29, 0.717) is 25.3 Å². The van der Waals surface area contributed by atoms with Crippen LogP contribution in [0.25, 0.3) is 0 Å². The molecule has 0 radical (unpaired) electrons. The summed E-state index contributed by atoms with van der Waals surface area (Å²) < 4.78 is 28.2.